The molecule has 2 aromatic heterocycles. The minimum Gasteiger partial charge on any atom is -0.302 e. The van der Waals surface area contributed by atoms with E-state index < -0.39 is 28.7 Å². The Morgan fingerprint density at radius 3 is 2.49 bits per heavy atom. The number of hydrogen-bond acceptors (Lipinski definition) is 6. The Bertz CT molecular complexity index is 1300. The monoisotopic (exact) mass is 515 g/mol. The fourth-order valence-electron chi connectivity index (χ4n) is 3.95. The molecule has 1 aliphatic heterocycles. The van der Waals surface area contributed by atoms with Gasteiger partial charge < -0.3 is 4.90 Å². The molecular weight excluding hydrogens is 495 g/mol. The molecule has 0 aliphatic carbocycles. The van der Waals surface area contributed by atoms with Crippen LogP contribution in [-0.2, 0) is 23.8 Å². The van der Waals surface area contributed by atoms with Gasteiger partial charge in [0.15, 0.2) is 5.11 Å². The lowest BCUT2D eigenvalue weighted by molar-refractivity contribution is -0.137. The maximum absolute atomic E-state index is 13.5. The summed E-state index contributed by atoms with van der Waals surface area (Å²) in [5.41, 5.74) is -1.41. The van der Waals surface area contributed by atoms with Gasteiger partial charge in [0.1, 0.15) is 5.54 Å². The number of thiazole rings is 1. The molecule has 0 unspecified atom stereocenters. The van der Waals surface area contributed by atoms with Crippen LogP contribution in [0.25, 0.3) is 0 Å². The normalized spacial score (nSPS) is 15.5. The molecule has 0 atom stereocenters. The van der Waals surface area contributed by atoms with Gasteiger partial charge in [0.25, 0.3) is 5.91 Å². The van der Waals surface area contributed by atoms with Crippen LogP contribution in [0, 0.1) is 11.3 Å². The number of aromatic nitrogens is 2. The lowest BCUT2D eigenvalue weighted by Crippen LogP contribution is -2.44. The Morgan fingerprint density at radius 2 is 1.89 bits per heavy atom. The highest BCUT2D eigenvalue weighted by atomic mass is 32.1. The number of benzene rings is 1. The summed E-state index contributed by atoms with van der Waals surface area (Å²) in [6, 6.07) is 8.32. The van der Waals surface area contributed by atoms with Gasteiger partial charge in [-0.25, -0.2) is 4.98 Å². The number of anilines is 2. The molecule has 3 aromatic rings. The zero-order valence-corrected chi connectivity index (χ0v) is 20.5. The predicted molar refractivity (Wildman–Crippen MR) is 131 cm³/mol. The molecule has 0 spiro atoms. The number of nitrogens with zero attached hydrogens (tertiary/aromatic N) is 5. The lowest BCUT2D eigenvalue weighted by atomic mass is 10.0. The number of alkyl halides is 3. The quantitative estimate of drug-likeness (QED) is 0.403. The average Bonchev–Trinajstić information content (AvgIpc) is 3.38. The molecule has 6 nitrogen and oxygen atoms in total. The van der Waals surface area contributed by atoms with Gasteiger partial charge in [-0.2, -0.15) is 18.4 Å². The number of nitriles is 1. The van der Waals surface area contributed by atoms with Crippen molar-refractivity contribution in [2.75, 3.05) is 9.80 Å². The van der Waals surface area contributed by atoms with Crippen molar-refractivity contribution in [1.82, 2.24) is 9.97 Å². The van der Waals surface area contributed by atoms with Crippen molar-refractivity contribution in [3.8, 4) is 6.07 Å². The zero-order chi connectivity index (χ0) is 25.4. The maximum Gasteiger partial charge on any atom is 0.417 e. The third kappa shape index (κ3) is 4.76. The number of aryl methyl sites for hydroxylation is 2. The van der Waals surface area contributed by atoms with Crippen molar-refractivity contribution >= 4 is 45.9 Å². The summed E-state index contributed by atoms with van der Waals surface area (Å²) in [6.07, 6.45) is 1.14. The van der Waals surface area contributed by atoms with Gasteiger partial charge in [-0.05, 0) is 75.7 Å². The van der Waals surface area contributed by atoms with E-state index in [9.17, 15) is 18.0 Å². The summed E-state index contributed by atoms with van der Waals surface area (Å²) >= 11 is 7.16. The van der Waals surface area contributed by atoms with Crippen LogP contribution in [0.15, 0.2) is 48.1 Å². The fraction of sp³-hybridized carbons (Fsp3) is 0.292. The zero-order valence-electron chi connectivity index (χ0n) is 18.8. The van der Waals surface area contributed by atoms with Crippen molar-refractivity contribution in [1.29, 1.82) is 5.26 Å². The highest BCUT2D eigenvalue weighted by Crippen LogP contribution is 2.39. The average molecular weight is 516 g/mol. The number of amides is 1. The summed E-state index contributed by atoms with van der Waals surface area (Å²) < 4.78 is 40.5. The van der Waals surface area contributed by atoms with Crippen LogP contribution in [0.2, 0.25) is 0 Å². The van der Waals surface area contributed by atoms with Crippen molar-refractivity contribution in [2.24, 2.45) is 0 Å². The molecule has 1 amide bonds. The molecule has 0 radical (unpaired) electrons. The second-order valence-electron chi connectivity index (χ2n) is 8.44. The fourth-order valence-corrected chi connectivity index (χ4v) is 5.14. The molecule has 35 heavy (non-hydrogen) atoms. The first-order chi connectivity index (χ1) is 16.5. The lowest BCUT2D eigenvalue weighted by Gasteiger charge is -2.29. The molecule has 3 heterocycles. The predicted octanol–water partition coefficient (Wildman–Crippen LogP) is 5.52. The molecule has 0 N–H and O–H groups in total. The van der Waals surface area contributed by atoms with Gasteiger partial charge in [0, 0.05) is 17.3 Å². The topological polar surface area (TPSA) is 73.1 Å². The van der Waals surface area contributed by atoms with Crippen LogP contribution in [0.4, 0.5) is 24.5 Å². The van der Waals surface area contributed by atoms with E-state index in [1.165, 1.54) is 6.07 Å². The van der Waals surface area contributed by atoms with Crippen LogP contribution in [-0.4, -0.2) is 26.5 Å². The van der Waals surface area contributed by atoms with E-state index in [1.54, 1.807) is 54.6 Å². The number of pyridine rings is 1. The molecule has 11 heteroatoms. The molecule has 1 saturated heterocycles. The molecule has 4 rings (SSSR count). The first kappa shape index (κ1) is 24.8. The largest absolute Gasteiger partial charge is 0.417 e. The number of carbonyl (C=O) groups is 1. The van der Waals surface area contributed by atoms with Crippen molar-refractivity contribution in [2.45, 2.75) is 44.8 Å². The molecule has 1 fully saturated rings. The van der Waals surface area contributed by atoms with Gasteiger partial charge in [-0.3, -0.25) is 14.7 Å². The first-order valence-electron chi connectivity index (χ1n) is 10.7. The summed E-state index contributed by atoms with van der Waals surface area (Å²) in [5, 5.41) is 12.1. The molecule has 1 aromatic carbocycles. The van der Waals surface area contributed by atoms with Crippen LogP contribution < -0.4 is 9.80 Å². The van der Waals surface area contributed by atoms with E-state index in [2.05, 4.69) is 9.97 Å². The highest BCUT2D eigenvalue weighted by molar-refractivity contribution is 7.81. The van der Waals surface area contributed by atoms with Crippen LogP contribution >= 0.6 is 23.6 Å². The van der Waals surface area contributed by atoms with E-state index >= 15 is 0 Å². The number of thiocarbonyl (C=S) groups is 1. The van der Waals surface area contributed by atoms with Gasteiger partial charge in [0.05, 0.1) is 39.8 Å². The Hall–Kier alpha value is -3.36. The molecule has 0 bridgehead atoms. The van der Waals surface area contributed by atoms with Gasteiger partial charge >= 0.3 is 6.18 Å². The van der Waals surface area contributed by atoms with Crippen LogP contribution in [0.3, 0.4) is 0 Å². The summed E-state index contributed by atoms with van der Waals surface area (Å²) in [6.45, 7) is 3.30. The van der Waals surface area contributed by atoms with E-state index in [-0.39, 0.29) is 10.8 Å². The second-order valence-corrected chi connectivity index (χ2v) is 9.79. The number of hydrogen-bond donors (Lipinski definition) is 0. The second kappa shape index (κ2) is 9.36. The van der Waals surface area contributed by atoms with Crippen LogP contribution in [0.5, 0.6) is 0 Å². The van der Waals surface area contributed by atoms with Gasteiger partial charge in [-0.1, -0.05) is 0 Å². The SMILES string of the molecule is CC1(C)C(=O)N(c2ccc(C#N)c(C(F)(F)F)c2)C(=S)N1c1ccc(CCCc2nccs2)nc1. The van der Waals surface area contributed by atoms with E-state index in [0.29, 0.717) is 5.69 Å². The Labute approximate surface area is 209 Å². The standard InChI is InChI=1S/C24H20F3N5OS2/c1-23(2)21(33)31(17-8-6-15(13-28)19(12-17)24(25,26)27)22(34)32(23)18-9-7-16(30-14-18)4-3-5-20-29-10-11-35-20/h6-12,14H,3-5H2,1-2H3. The van der Waals surface area contributed by atoms with E-state index in [4.69, 9.17) is 17.5 Å². The van der Waals surface area contributed by atoms with Gasteiger partial charge in [-0.15, -0.1) is 11.3 Å². The number of carbonyl (C=O) groups excluding carboxylic acids is 1. The van der Waals surface area contributed by atoms with Gasteiger partial charge in [0.2, 0.25) is 0 Å². The van der Waals surface area contributed by atoms with E-state index in [1.807, 2.05) is 11.4 Å². The minimum atomic E-state index is -4.75. The minimum absolute atomic E-state index is 0.0381. The summed E-state index contributed by atoms with van der Waals surface area (Å²) in [5.74, 6) is -0.479. The molecule has 0 saturated carbocycles. The smallest absolute Gasteiger partial charge is 0.302 e. The third-order valence-electron chi connectivity index (χ3n) is 5.73. The summed E-state index contributed by atoms with van der Waals surface area (Å²) in [4.78, 5) is 24.7. The van der Waals surface area contributed by atoms with E-state index in [0.717, 1.165) is 47.0 Å². The van der Waals surface area contributed by atoms with Crippen molar-refractivity contribution < 1.29 is 18.0 Å². The Morgan fingerprint density at radius 1 is 1.14 bits per heavy atom. The molecular formula is C24H20F3N5OS2. The highest BCUT2D eigenvalue weighted by Gasteiger charge is 2.50. The summed E-state index contributed by atoms with van der Waals surface area (Å²) in [7, 11) is 0. The Balaban J connectivity index is 1.58. The third-order valence-corrected chi connectivity index (χ3v) is 6.93. The van der Waals surface area contributed by atoms with Crippen LogP contribution in [0.1, 0.15) is 42.1 Å². The number of halogens is 3. The molecule has 1 aliphatic rings. The molecule has 180 valence electrons. The van der Waals surface area contributed by atoms with Crippen molar-refractivity contribution in [3.05, 3.63) is 69.9 Å². The number of rotatable bonds is 6. The first-order valence-corrected chi connectivity index (χ1v) is 12.0. The van der Waals surface area contributed by atoms with Crippen molar-refractivity contribution in [3.63, 3.8) is 0 Å². The Kier molecular flexibility index (Phi) is 6.62. The maximum atomic E-state index is 13.5.